The molecule has 0 radical (unpaired) electrons. The van der Waals surface area contributed by atoms with Crippen molar-refractivity contribution in [2.24, 2.45) is 0 Å². The number of carbonyl (C=O) groups excluding carboxylic acids is 1. The summed E-state index contributed by atoms with van der Waals surface area (Å²) in [5.74, 6) is -1.56. The van der Waals surface area contributed by atoms with E-state index in [4.69, 9.17) is 4.74 Å². The molecule has 0 heterocycles. The molecule has 0 aromatic heterocycles. The molecule has 2 aromatic rings. The third-order valence-electron chi connectivity index (χ3n) is 3.22. The van der Waals surface area contributed by atoms with Gasteiger partial charge in [-0.1, -0.05) is 18.2 Å². The minimum absolute atomic E-state index is 0.0358. The number of aliphatic hydroxyl groups excluding tert-OH is 1. The topological polar surface area (TPSA) is 55.8 Å². The molecule has 0 aliphatic carbocycles. The zero-order chi connectivity index (χ0) is 16.8. The summed E-state index contributed by atoms with van der Waals surface area (Å²) in [6.07, 6.45) is -1.05. The number of carbonyl (C=O) groups is 1. The Morgan fingerprint density at radius 2 is 1.87 bits per heavy atom. The Bertz CT molecular complexity index is 671. The van der Waals surface area contributed by atoms with Crippen molar-refractivity contribution in [3.63, 3.8) is 0 Å². The molecule has 0 saturated carbocycles. The standard InChI is InChI=1S/C17H16F2O4/c1-22-17(21)9-11-2-7-16(14(19)8-11)23-10-15(20)12-3-5-13(18)6-4-12/h2-8,15,20H,9-10H2,1H3. The summed E-state index contributed by atoms with van der Waals surface area (Å²) in [4.78, 5) is 11.1. The molecule has 0 amide bonds. The third-order valence-corrected chi connectivity index (χ3v) is 3.22. The molecule has 0 spiro atoms. The van der Waals surface area contributed by atoms with Crippen molar-refractivity contribution >= 4 is 5.97 Å². The van der Waals surface area contributed by atoms with Crippen LogP contribution in [0.25, 0.3) is 0 Å². The summed E-state index contributed by atoms with van der Waals surface area (Å²) in [6.45, 7) is -0.182. The molecule has 0 aliphatic heterocycles. The third kappa shape index (κ3) is 4.75. The van der Waals surface area contributed by atoms with Gasteiger partial charge in [-0.25, -0.2) is 8.78 Å². The molecule has 4 nitrogen and oxygen atoms in total. The average Bonchev–Trinajstić information content (AvgIpc) is 2.54. The number of ether oxygens (including phenoxy) is 2. The molecule has 1 unspecified atom stereocenters. The van der Waals surface area contributed by atoms with Crippen molar-refractivity contribution in [2.75, 3.05) is 13.7 Å². The van der Waals surface area contributed by atoms with Gasteiger partial charge >= 0.3 is 5.97 Å². The fourth-order valence-corrected chi connectivity index (χ4v) is 1.96. The summed E-state index contributed by atoms with van der Waals surface area (Å²) in [6, 6.07) is 9.40. The molecule has 1 atom stereocenters. The van der Waals surface area contributed by atoms with Crippen LogP contribution in [-0.2, 0) is 16.0 Å². The van der Waals surface area contributed by atoms with Crippen LogP contribution in [0.4, 0.5) is 8.78 Å². The lowest BCUT2D eigenvalue weighted by Gasteiger charge is -2.13. The molecular weight excluding hydrogens is 306 g/mol. The van der Waals surface area contributed by atoms with E-state index in [0.29, 0.717) is 11.1 Å². The van der Waals surface area contributed by atoms with Gasteiger partial charge in [-0.3, -0.25) is 4.79 Å². The number of benzene rings is 2. The monoisotopic (exact) mass is 322 g/mol. The number of hydrogen-bond acceptors (Lipinski definition) is 4. The smallest absolute Gasteiger partial charge is 0.309 e. The first-order valence-corrected chi connectivity index (χ1v) is 6.91. The van der Waals surface area contributed by atoms with E-state index in [2.05, 4.69) is 4.74 Å². The van der Waals surface area contributed by atoms with E-state index >= 15 is 0 Å². The largest absolute Gasteiger partial charge is 0.487 e. The number of aliphatic hydroxyl groups is 1. The molecule has 6 heteroatoms. The predicted octanol–water partition coefficient (Wildman–Crippen LogP) is 2.79. The van der Waals surface area contributed by atoms with Gasteiger partial charge in [-0.2, -0.15) is 0 Å². The van der Waals surface area contributed by atoms with Crippen LogP contribution < -0.4 is 4.74 Å². The Hall–Kier alpha value is -2.47. The highest BCUT2D eigenvalue weighted by Gasteiger charge is 2.12. The van der Waals surface area contributed by atoms with Gasteiger partial charge in [0.15, 0.2) is 11.6 Å². The maximum atomic E-state index is 13.9. The van der Waals surface area contributed by atoms with Gasteiger partial charge in [0.05, 0.1) is 13.5 Å². The van der Waals surface area contributed by atoms with Crippen molar-refractivity contribution in [3.05, 3.63) is 65.2 Å². The highest BCUT2D eigenvalue weighted by molar-refractivity contribution is 5.72. The second kappa shape index (κ2) is 7.69. The first kappa shape index (κ1) is 16.9. The molecule has 0 bridgehead atoms. The summed E-state index contributed by atoms with van der Waals surface area (Å²) in [7, 11) is 1.26. The molecule has 0 fully saturated rings. The maximum Gasteiger partial charge on any atom is 0.309 e. The van der Waals surface area contributed by atoms with Gasteiger partial charge in [-0.05, 0) is 35.4 Å². The Kier molecular flexibility index (Phi) is 5.65. The molecule has 1 N–H and O–H groups in total. The first-order valence-electron chi connectivity index (χ1n) is 6.91. The van der Waals surface area contributed by atoms with E-state index in [0.717, 1.165) is 0 Å². The van der Waals surface area contributed by atoms with Crippen LogP contribution in [0.1, 0.15) is 17.2 Å². The lowest BCUT2D eigenvalue weighted by molar-refractivity contribution is -0.139. The van der Waals surface area contributed by atoms with E-state index in [1.165, 1.54) is 43.5 Å². The molecule has 0 saturated heterocycles. The summed E-state index contributed by atoms with van der Waals surface area (Å²) in [5, 5.41) is 9.94. The van der Waals surface area contributed by atoms with Gasteiger partial charge in [0.1, 0.15) is 18.5 Å². The predicted molar refractivity (Wildman–Crippen MR) is 79.0 cm³/mol. The van der Waals surface area contributed by atoms with Crippen molar-refractivity contribution in [1.29, 1.82) is 0 Å². The molecule has 0 aliphatic rings. The lowest BCUT2D eigenvalue weighted by Crippen LogP contribution is -2.11. The van der Waals surface area contributed by atoms with E-state index in [1.54, 1.807) is 6.07 Å². The number of hydrogen-bond donors (Lipinski definition) is 1. The minimum Gasteiger partial charge on any atom is -0.487 e. The molecule has 122 valence electrons. The zero-order valence-corrected chi connectivity index (χ0v) is 12.5. The molecular formula is C17H16F2O4. The molecule has 2 aromatic carbocycles. The number of methoxy groups -OCH3 is 1. The molecule has 23 heavy (non-hydrogen) atoms. The first-order chi connectivity index (χ1) is 11.0. The van der Waals surface area contributed by atoms with Crippen LogP contribution in [0.3, 0.4) is 0 Å². The Labute approximate surface area is 132 Å². The van der Waals surface area contributed by atoms with E-state index in [1.807, 2.05) is 0 Å². The Balaban J connectivity index is 1.97. The van der Waals surface area contributed by atoms with Gasteiger partial charge in [-0.15, -0.1) is 0 Å². The second-order valence-electron chi connectivity index (χ2n) is 4.90. The second-order valence-corrected chi connectivity index (χ2v) is 4.90. The minimum atomic E-state index is -1.01. The van der Waals surface area contributed by atoms with Crippen LogP contribution in [0, 0.1) is 11.6 Å². The lowest BCUT2D eigenvalue weighted by atomic mass is 10.1. The summed E-state index contributed by atoms with van der Waals surface area (Å²) in [5.41, 5.74) is 0.926. The summed E-state index contributed by atoms with van der Waals surface area (Å²) < 4.78 is 36.5. The zero-order valence-electron chi connectivity index (χ0n) is 12.5. The Morgan fingerprint density at radius 3 is 2.48 bits per heavy atom. The fraction of sp³-hybridized carbons (Fsp3) is 0.235. The van der Waals surface area contributed by atoms with Crippen molar-refractivity contribution in [1.82, 2.24) is 0 Å². The Morgan fingerprint density at radius 1 is 1.17 bits per heavy atom. The van der Waals surface area contributed by atoms with Gasteiger partial charge < -0.3 is 14.6 Å². The van der Waals surface area contributed by atoms with Gasteiger partial charge in [0.25, 0.3) is 0 Å². The van der Waals surface area contributed by atoms with Crippen molar-refractivity contribution in [2.45, 2.75) is 12.5 Å². The average molecular weight is 322 g/mol. The quantitative estimate of drug-likeness (QED) is 0.831. The van der Waals surface area contributed by atoms with Crippen LogP contribution in [-0.4, -0.2) is 24.8 Å². The van der Waals surface area contributed by atoms with E-state index in [9.17, 15) is 18.7 Å². The fourth-order valence-electron chi connectivity index (χ4n) is 1.96. The SMILES string of the molecule is COC(=O)Cc1ccc(OCC(O)c2ccc(F)cc2)c(F)c1. The van der Waals surface area contributed by atoms with E-state index in [-0.39, 0.29) is 18.8 Å². The maximum absolute atomic E-state index is 13.9. The number of halogens is 2. The highest BCUT2D eigenvalue weighted by atomic mass is 19.1. The van der Waals surface area contributed by atoms with Crippen LogP contribution in [0.15, 0.2) is 42.5 Å². The van der Waals surface area contributed by atoms with Crippen LogP contribution >= 0.6 is 0 Å². The van der Waals surface area contributed by atoms with Crippen molar-refractivity contribution in [3.8, 4) is 5.75 Å². The normalized spacial score (nSPS) is 11.8. The number of rotatable bonds is 6. The summed E-state index contributed by atoms with van der Waals surface area (Å²) >= 11 is 0. The number of esters is 1. The van der Waals surface area contributed by atoms with Crippen LogP contribution in [0.5, 0.6) is 5.75 Å². The van der Waals surface area contributed by atoms with E-state index < -0.39 is 23.7 Å². The van der Waals surface area contributed by atoms with Gasteiger partial charge in [0.2, 0.25) is 0 Å². The van der Waals surface area contributed by atoms with Crippen LogP contribution in [0.2, 0.25) is 0 Å². The van der Waals surface area contributed by atoms with Crippen molar-refractivity contribution < 1.29 is 28.2 Å². The molecule has 2 rings (SSSR count). The van der Waals surface area contributed by atoms with Gasteiger partial charge in [0, 0.05) is 0 Å². The highest BCUT2D eigenvalue weighted by Crippen LogP contribution is 2.21.